The van der Waals surface area contributed by atoms with E-state index < -0.39 is 5.97 Å². The van der Waals surface area contributed by atoms with Crippen LogP contribution in [0.3, 0.4) is 0 Å². The highest BCUT2D eigenvalue weighted by atomic mass is 32.2. The van der Waals surface area contributed by atoms with E-state index in [9.17, 15) is 14.7 Å². The molecule has 170 valence electrons. The summed E-state index contributed by atoms with van der Waals surface area (Å²) in [5, 5.41) is 14.6. The lowest BCUT2D eigenvalue weighted by Gasteiger charge is -2.10. The Labute approximate surface area is 197 Å². The predicted octanol–water partition coefficient (Wildman–Crippen LogP) is 6.07. The molecule has 0 spiro atoms. The number of hydrogen-bond donors (Lipinski definition) is 2. The average Bonchev–Trinajstić information content (AvgIpc) is 3.08. The topological polar surface area (TPSA) is 71.3 Å². The second-order valence-electron chi connectivity index (χ2n) is 8.24. The molecule has 0 atom stereocenters. The van der Waals surface area contributed by atoms with Gasteiger partial charge in [-0.3, -0.25) is 13.6 Å². The molecule has 0 saturated carbocycles. The van der Waals surface area contributed by atoms with Crippen molar-refractivity contribution in [3.63, 3.8) is 0 Å². The third kappa shape index (κ3) is 5.22. The lowest BCUT2D eigenvalue weighted by molar-refractivity contribution is -0.136. The van der Waals surface area contributed by atoms with Crippen molar-refractivity contribution in [2.75, 3.05) is 11.1 Å². The van der Waals surface area contributed by atoms with Gasteiger partial charge in [0.25, 0.3) is 0 Å². The molecule has 1 aromatic heterocycles. The molecule has 4 aromatic rings. The van der Waals surface area contributed by atoms with E-state index >= 15 is 0 Å². The maximum atomic E-state index is 11.4. The summed E-state index contributed by atoms with van der Waals surface area (Å²) in [5.74, 6) is -0.0105. The summed E-state index contributed by atoms with van der Waals surface area (Å²) in [4.78, 5) is 22.6. The van der Waals surface area contributed by atoms with Gasteiger partial charge in [0.2, 0.25) is 5.91 Å². The van der Waals surface area contributed by atoms with E-state index in [1.165, 1.54) is 28.8 Å². The molecular weight excluding hydrogens is 432 g/mol. The zero-order chi connectivity index (χ0) is 23.4. The van der Waals surface area contributed by atoms with Gasteiger partial charge < -0.3 is 10.4 Å². The Morgan fingerprint density at radius 3 is 2.42 bits per heavy atom. The SMILES string of the molecule is CCCc1cc(CC(=O)O)cc2c1c1ccccc1n2SCCc1ccc(NC(C)=O)cc1. The Balaban J connectivity index is 1.66. The zero-order valence-electron chi connectivity index (χ0n) is 18.9. The first-order valence-electron chi connectivity index (χ1n) is 11.2. The summed E-state index contributed by atoms with van der Waals surface area (Å²) in [6, 6.07) is 20.5. The van der Waals surface area contributed by atoms with Crippen molar-refractivity contribution < 1.29 is 14.7 Å². The van der Waals surface area contributed by atoms with E-state index in [4.69, 9.17) is 0 Å². The lowest BCUT2D eigenvalue weighted by Crippen LogP contribution is -2.05. The fourth-order valence-corrected chi connectivity index (χ4v) is 5.40. The van der Waals surface area contributed by atoms with Crippen molar-refractivity contribution in [3.8, 4) is 0 Å². The number of aryl methyl sites for hydroxylation is 2. The maximum Gasteiger partial charge on any atom is 0.307 e. The van der Waals surface area contributed by atoms with Crippen LogP contribution in [0.2, 0.25) is 0 Å². The Hall–Kier alpha value is -3.25. The first-order valence-corrected chi connectivity index (χ1v) is 12.2. The van der Waals surface area contributed by atoms with Crippen molar-refractivity contribution in [2.24, 2.45) is 0 Å². The molecule has 0 aliphatic carbocycles. The number of anilines is 1. The molecule has 0 radical (unpaired) electrons. The number of benzene rings is 3. The van der Waals surface area contributed by atoms with Crippen LogP contribution in [0, 0.1) is 0 Å². The highest BCUT2D eigenvalue weighted by Gasteiger charge is 2.16. The van der Waals surface area contributed by atoms with Gasteiger partial charge in [-0.05, 0) is 65.7 Å². The van der Waals surface area contributed by atoms with Gasteiger partial charge in [0.15, 0.2) is 0 Å². The van der Waals surface area contributed by atoms with Crippen molar-refractivity contribution in [2.45, 2.75) is 39.5 Å². The van der Waals surface area contributed by atoms with E-state index in [-0.39, 0.29) is 12.3 Å². The van der Waals surface area contributed by atoms with Crippen LogP contribution in [0.4, 0.5) is 5.69 Å². The van der Waals surface area contributed by atoms with Crippen LogP contribution in [0.1, 0.15) is 37.0 Å². The summed E-state index contributed by atoms with van der Waals surface area (Å²) >= 11 is 1.75. The number of hydrogen-bond acceptors (Lipinski definition) is 3. The van der Waals surface area contributed by atoms with Gasteiger partial charge in [-0.15, -0.1) is 0 Å². The van der Waals surface area contributed by atoms with Crippen LogP contribution in [-0.4, -0.2) is 26.7 Å². The number of carboxylic acid groups (broad SMARTS) is 1. The van der Waals surface area contributed by atoms with Crippen LogP contribution < -0.4 is 5.32 Å². The number of aromatic nitrogens is 1. The summed E-state index contributed by atoms with van der Waals surface area (Å²) in [6.45, 7) is 3.66. The second kappa shape index (κ2) is 10.1. The van der Waals surface area contributed by atoms with Gasteiger partial charge in [-0.25, -0.2) is 0 Å². The molecule has 1 amide bonds. The maximum absolute atomic E-state index is 11.4. The fraction of sp³-hybridized carbons (Fsp3) is 0.259. The number of nitrogens with one attached hydrogen (secondary N) is 1. The molecule has 1 heterocycles. The molecule has 3 aromatic carbocycles. The molecule has 6 heteroatoms. The monoisotopic (exact) mass is 460 g/mol. The minimum atomic E-state index is -0.810. The van der Waals surface area contributed by atoms with E-state index in [1.807, 2.05) is 30.3 Å². The van der Waals surface area contributed by atoms with Crippen molar-refractivity contribution in [1.29, 1.82) is 0 Å². The third-order valence-electron chi connectivity index (χ3n) is 5.63. The Morgan fingerprint density at radius 1 is 0.970 bits per heavy atom. The van der Waals surface area contributed by atoms with E-state index in [1.54, 1.807) is 11.9 Å². The van der Waals surface area contributed by atoms with Crippen LogP contribution in [-0.2, 0) is 28.9 Å². The molecule has 33 heavy (non-hydrogen) atoms. The van der Waals surface area contributed by atoms with E-state index in [0.29, 0.717) is 0 Å². The highest BCUT2D eigenvalue weighted by molar-refractivity contribution is 7.98. The summed E-state index contributed by atoms with van der Waals surface area (Å²) in [5.41, 5.74) is 6.31. The van der Waals surface area contributed by atoms with Crippen LogP contribution in [0.25, 0.3) is 21.8 Å². The van der Waals surface area contributed by atoms with Gasteiger partial charge in [-0.2, -0.15) is 0 Å². The Morgan fingerprint density at radius 2 is 1.73 bits per heavy atom. The first-order chi connectivity index (χ1) is 16.0. The average molecular weight is 461 g/mol. The molecule has 2 N–H and O–H groups in total. The first kappa shape index (κ1) is 22.9. The minimum Gasteiger partial charge on any atom is -0.481 e. The zero-order valence-corrected chi connectivity index (χ0v) is 19.7. The number of fused-ring (bicyclic) bond motifs is 3. The molecule has 4 rings (SSSR count). The number of rotatable bonds is 9. The molecule has 0 fully saturated rings. The molecular formula is C27H28N2O3S. The van der Waals surface area contributed by atoms with E-state index in [0.717, 1.165) is 47.3 Å². The van der Waals surface area contributed by atoms with Gasteiger partial charge in [0.05, 0.1) is 17.5 Å². The Bertz CT molecular complexity index is 1310. The van der Waals surface area contributed by atoms with Gasteiger partial charge in [0.1, 0.15) is 0 Å². The number of para-hydroxylation sites is 1. The quantitative estimate of drug-likeness (QED) is 0.318. The fourth-order valence-electron chi connectivity index (χ4n) is 4.31. The normalized spacial score (nSPS) is 11.2. The largest absolute Gasteiger partial charge is 0.481 e. The minimum absolute atomic E-state index is 0.0273. The van der Waals surface area contributed by atoms with E-state index in [2.05, 4.69) is 46.5 Å². The Kier molecular flexibility index (Phi) is 7.04. The number of carboxylic acids is 1. The molecule has 0 aliphatic rings. The molecule has 0 bridgehead atoms. The second-order valence-corrected chi connectivity index (χ2v) is 9.27. The number of aliphatic carboxylic acids is 1. The molecule has 0 unspecified atom stereocenters. The van der Waals surface area contributed by atoms with Crippen LogP contribution >= 0.6 is 11.9 Å². The van der Waals surface area contributed by atoms with Gasteiger partial charge >= 0.3 is 5.97 Å². The van der Waals surface area contributed by atoms with Crippen molar-refractivity contribution in [1.82, 2.24) is 3.97 Å². The van der Waals surface area contributed by atoms with Crippen molar-refractivity contribution in [3.05, 3.63) is 77.4 Å². The van der Waals surface area contributed by atoms with Gasteiger partial charge in [0, 0.05) is 29.1 Å². The lowest BCUT2D eigenvalue weighted by atomic mass is 9.98. The third-order valence-corrected chi connectivity index (χ3v) is 6.67. The number of nitrogens with zero attached hydrogens (tertiary/aromatic N) is 1. The number of carbonyl (C=O) groups is 2. The molecule has 5 nitrogen and oxygen atoms in total. The molecule has 0 aliphatic heterocycles. The van der Waals surface area contributed by atoms with Crippen molar-refractivity contribution >= 4 is 51.3 Å². The molecule has 0 saturated heterocycles. The summed E-state index contributed by atoms with van der Waals surface area (Å²) in [6.07, 6.45) is 2.84. The number of carbonyl (C=O) groups excluding carboxylic acids is 1. The predicted molar refractivity (Wildman–Crippen MR) is 137 cm³/mol. The number of amides is 1. The van der Waals surface area contributed by atoms with Crippen LogP contribution in [0.15, 0.2) is 60.7 Å². The highest BCUT2D eigenvalue weighted by Crippen LogP contribution is 2.36. The standard InChI is InChI=1S/C27H28N2O3S/c1-3-6-21-15-20(17-26(31)32)16-25-27(21)23-7-4-5-8-24(23)29(25)33-14-13-19-9-11-22(12-10-19)28-18(2)30/h4-5,7-12,15-16H,3,6,13-14,17H2,1-2H3,(H,28,30)(H,31,32). The van der Waals surface area contributed by atoms with Gasteiger partial charge in [-0.1, -0.05) is 49.7 Å². The summed E-state index contributed by atoms with van der Waals surface area (Å²) < 4.78 is 2.26. The summed E-state index contributed by atoms with van der Waals surface area (Å²) in [7, 11) is 0. The smallest absolute Gasteiger partial charge is 0.307 e. The van der Waals surface area contributed by atoms with Crippen LogP contribution in [0.5, 0.6) is 0 Å².